The van der Waals surface area contributed by atoms with Crippen molar-refractivity contribution in [3.8, 4) is 0 Å². The monoisotopic (exact) mass is 370 g/mol. The van der Waals surface area contributed by atoms with Crippen LogP contribution in [0.1, 0.15) is 140 Å². The molecule has 2 aliphatic rings. The minimum absolute atomic E-state index is 0.279. The third kappa shape index (κ3) is 9.56. The van der Waals surface area contributed by atoms with Gasteiger partial charge in [0.2, 0.25) is 0 Å². The van der Waals surface area contributed by atoms with Gasteiger partial charge >= 0.3 is 0 Å². The lowest BCUT2D eigenvalue weighted by Gasteiger charge is -2.30. The highest BCUT2D eigenvalue weighted by atomic mass is 16.1. The molecule has 0 N–H and O–H groups in total. The van der Waals surface area contributed by atoms with E-state index in [1.165, 1.54) is 57.8 Å². The lowest BCUT2D eigenvalue weighted by molar-refractivity contribution is -0.121. The summed E-state index contributed by atoms with van der Waals surface area (Å²) in [5.74, 6) is 0.659. The number of carbonyl (C=O) groups excluding carboxylic acids is 1. The number of unbranched alkanes of at least 4 members (excludes halogenated alkanes) is 1. The van der Waals surface area contributed by atoms with Gasteiger partial charge in [0.15, 0.2) is 0 Å². The van der Waals surface area contributed by atoms with Gasteiger partial charge in [-0.25, -0.2) is 0 Å². The molecule has 1 heteroatoms. The van der Waals surface area contributed by atoms with E-state index in [0.29, 0.717) is 16.6 Å². The molecule has 2 aliphatic carbocycles. The van der Waals surface area contributed by atoms with E-state index in [0.717, 1.165) is 6.42 Å². The van der Waals surface area contributed by atoms with E-state index in [9.17, 15) is 4.79 Å². The molecule has 26 heavy (non-hydrogen) atoms. The fraction of sp³-hybridized carbons (Fsp3) is 0.960. The van der Waals surface area contributed by atoms with E-state index in [-0.39, 0.29) is 5.92 Å². The maximum absolute atomic E-state index is 11.4. The van der Waals surface area contributed by atoms with Gasteiger partial charge in [-0.2, -0.15) is 0 Å². The van der Waals surface area contributed by atoms with Crippen LogP contribution in [-0.4, -0.2) is 5.78 Å². The maximum Gasteiger partial charge on any atom is 0.132 e. The summed E-state index contributed by atoms with van der Waals surface area (Å²) in [6.07, 6.45) is 13.6. The fourth-order valence-electron chi connectivity index (χ4n) is 4.20. The smallest absolute Gasteiger partial charge is 0.132 e. The fourth-order valence-corrected chi connectivity index (χ4v) is 4.20. The van der Waals surface area contributed by atoms with Crippen molar-refractivity contribution in [1.29, 1.82) is 0 Å². The van der Waals surface area contributed by atoms with Crippen molar-refractivity contribution in [1.82, 2.24) is 0 Å². The van der Waals surface area contributed by atoms with Crippen LogP contribution >= 0.6 is 0 Å². The number of Topliss-reactive ketones (excluding diaryl/α,β-unsaturated/α-hetero) is 1. The van der Waals surface area contributed by atoms with Gasteiger partial charge in [0, 0.05) is 5.92 Å². The van der Waals surface area contributed by atoms with Gasteiger partial charge in [0.25, 0.3) is 0 Å². The van der Waals surface area contributed by atoms with Crippen molar-refractivity contribution >= 4 is 5.78 Å². The van der Waals surface area contributed by atoms with Crippen molar-refractivity contribution in [3.05, 3.63) is 0 Å². The summed E-state index contributed by atoms with van der Waals surface area (Å²) in [6.45, 7) is 22.6. The Morgan fingerprint density at radius 1 is 0.846 bits per heavy atom. The second-order valence-electron chi connectivity index (χ2n) is 7.37. The Balaban J connectivity index is -0.000000451. The zero-order chi connectivity index (χ0) is 21.2. The molecule has 1 nitrogen and oxygen atoms in total. The lowest BCUT2D eigenvalue weighted by Crippen LogP contribution is -2.21. The molecule has 0 heterocycles. The summed E-state index contributed by atoms with van der Waals surface area (Å²) >= 11 is 0. The summed E-state index contributed by atoms with van der Waals surface area (Å²) < 4.78 is 0. The molecule has 0 aliphatic heterocycles. The third-order valence-electron chi connectivity index (χ3n) is 6.06. The van der Waals surface area contributed by atoms with E-state index in [4.69, 9.17) is 0 Å². The highest BCUT2D eigenvalue weighted by molar-refractivity contribution is 5.78. The maximum atomic E-state index is 11.4. The summed E-state index contributed by atoms with van der Waals surface area (Å²) in [6, 6.07) is 0. The van der Waals surface area contributed by atoms with Crippen molar-refractivity contribution in [2.45, 2.75) is 140 Å². The Bertz CT molecular complexity index is 299. The van der Waals surface area contributed by atoms with Crippen LogP contribution in [-0.2, 0) is 4.79 Å². The van der Waals surface area contributed by atoms with Gasteiger partial charge in [-0.05, 0) is 49.9 Å². The largest absolute Gasteiger partial charge is 0.300 e. The summed E-state index contributed by atoms with van der Waals surface area (Å²) in [5, 5.41) is 0. The zero-order valence-electron chi connectivity index (χ0n) is 20.6. The van der Waals surface area contributed by atoms with E-state index >= 15 is 0 Å². The summed E-state index contributed by atoms with van der Waals surface area (Å²) in [4.78, 5) is 11.4. The van der Waals surface area contributed by atoms with Crippen molar-refractivity contribution in [2.75, 3.05) is 0 Å². The minimum Gasteiger partial charge on any atom is -0.300 e. The van der Waals surface area contributed by atoms with Gasteiger partial charge in [-0.15, -0.1) is 0 Å². The zero-order valence-corrected chi connectivity index (χ0v) is 20.6. The molecule has 0 aromatic rings. The molecule has 0 bridgehead atoms. The third-order valence-corrected chi connectivity index (χ3v) is 6.06. The topological polar surface area (TPSA) is 17.1 Å². The SMILES string of the molecule is CC.CC.CC.CCC1(CC(C)C(C)=O)CC12CCCCC2.CCCC. The number of ketones is 1. The Kier molecular flexibility index (Phi) is 21.1. The molecule has 2 saturated carbocycles. The molecule has 160 valence electrons. The Morgan fingerprint density at radius 2 is 1.27 bits per heavy atom. The first-order valence-electron chi connectivity index (χ1n) is 12.0. The van der Waals surface area contributed by atoms with Crippen LogP contribution in [0.4, 0.5) is 0 Å². The molecule has 0 aromatic heterocycles. The second-order valence-corrected chi connectivity index (χ2v) is 7.37. The average molecular weight is 371 g/mol. The van der Waals surface area contributed by atoms with Crippen molar-refractivity contribution in [3.63, 3.8) is 0 Å². The van der Waals surface area contributed by atoms with Crippen LogP contribution in [0.2, 0.25) is 0 Å². The predicted molar refractivity (Wildman–Crippen MR) is 122 cm³/mol. The number of carbonyl (C=O) groups is 1. The second kappa shape index (κ2) is 18.1. The summed E-state index contributed by atoms with van der Waals surface area (Å²) in [5.41, 5.74) is 1.20. The molecule has 2 rings (SSSR count). The molecule has 2 unspecified atom stereocenters. The number of hydrogen-bond donors (Lipinski definition) is 0. The van der Waals surface area contributed by atoms with Crippen LogP contribution in [0.25, 0.3) is 0 Å². The highest BCUT2D eigenvalue weighted by Gasteiger charge is 2.64. The number of hydrogen-bond acceptors (Lipinski definition) is 1. The quantitative estimate of drug-likeness (QED) is 0.471. The van der Waals surface area contributed by atoms with Gasteiger partial charge in [-0.3, -0.25) is 4.79 Å². The molecule has 1 spiro atoms. The molecule has 0 amide bonds. The van der Waals surface area contributed by atoms with Crippen LogP contribution in [0, 0.1) is 16.7 Å². The predicted octanol–water partition coefficient (Wildman–Crippen LogP) is 9.24. The Hall–Kier alpha value is -0.330. The summed E-state index contributed by atoms with van der Waals surface area (Å²) in [7, 11) is 0. The molecular formula is C25H54O. The Labute approximate surface area is 168 Å². The van der Waals surface area contributed by atoms with E-state index in [1.807, 2.05) is 41.5 Å². The molecule has 2 fully saturated rings. The molecule has 0 radical (unpaired) electrons. The Morgan fingerprint density at radius 3 is 1.58 bits per heavy atom. The van der Waals surface area contributed by atoms with Crippen LogP contribution in [0.15, 0.2) is 0 Å². The van der Waals surface area contributed by atoms with Crippen LogP contribution < -0.4 is 0 Å². The molecular weight excluding hydrogens is 316 g/mol. The first-order valence-corrected chi connectivity index (χ1v) is 12.0. The van der Waals surface area contributed by atoms with Gasteiger partial charge in [-0.1, -0.05) is 101 Å². The lowest BCUT2D eigenvalue weighted by atomic mass is 9.75. The van der Waals surface area contributed by atoms with Crippen LogP contribution in [0.3, 0.4) is 0 Å². The number of rotatable bonds is 5. The van der Waals surface area contributed by atoms with Gasteiger partial charge in [0.1, 0.15) is 5.78 Å². The van der Waals surface area contributed by atoms with Gasteiger partial charge in [0.05, 0.1) is 0 Å². The van der Waals surface area contributed by atoms with Crippen molar-refractivity contribution < 1.29 is 4.79 Å². The van der Waals surface area contributed by atoms with Gasteiger partial charge < -0.3 is 0 Å². The van der Waals surface area contributed by atoms with Crippen molar-refractivity contribution in [2.24, 2.45) is 16.7 Å². The highest BCUT2D eigenvalue weighted by Crippen LogP contribution is 2.74. The first kappa shape index (κ1) is 30.4. The normalized spacial score (nSPS) is 22.6. The standard InChI is InChI=1S/C15H26O.C4H10.3C2H6/c1-4-14(10-12(2)13(3)16)11-15(14)8-6-5-7-9-15;1-3-4-2;3*1-2/h12H,4-11H2,1-3H3;3-4H2,1-2H3;3*1-2H3. The van der Waals surface area contributed by atoms with E-state index < -0.39 is 0 Å². The molecule has 0 saturated heterocycles. The molecule has 0 aromatic carbocycles. The minimum atomic E-state index is 0.279. The van der Waals surface area contributed by atoms with Crippen LogP contribution in [0.5, 0.6) is 0 Å². The van der Waals surface area contributed by atoms with E-state index in [1.54, 1.807) is 6.92 Å². The average Bonchev–Trinajstić information content (AvgIpc) is 3.32. The first-order chi connectivity index (χ1) is 12.5. The molecule has 2 atom stereocenters. The van der Waals surface area contributed by atoms with E-state index in [2.05, 4.69) is 27.7 Å².